The fourth-order valence-electron chi connectivity index (χ4n) is 2.09. The second kappa shape index (κ2) is 9.18. The highest BCUT2D eigenvalue weighted by atomic mass is 35.5. The maximum Gasteiger partial charge on any atom is 0.0642 e. The summed E-state index contributed by atoms with van der Waals surface area (Å²) in [5.74, 6) is 0. The Bertz CT molecular complexity index is 371. The van der Waals surface area contributed by atoms with Gasteiger partial charge in [-0.15, -0.1) is 0 Å². The predicted octanol–water partition coefficient (Wildman–Crippen LogP) is 3.31. The quantitative estimate of drug-likeness (QED) is 0.704. The Morgan fingerprint density at radius 1 is 1.37 bits per heavy atom. The van der Waals surface area contributed by atoms with Crippen LogP contribution in [0.2, 0.25) is 5.02 Å². The molecule has 3 nitrogen and oxygen atoms in total. The molecule has 1 rings (SSSR count). The summed E-state index contributed by atoms with van der Waals surface area (Å²) < 4.78 is 5.10. The first kappa shape index (κ1) is 16.3. The lowest BCUT2D eigenvalue weighted by molar-refractivity contribution is 0.196. The van der Waals surface area contributed by atoms with Crippen molar-refractivity contribution in [3.63, 3.8) is 0 Å². The molecule has 108 valence electrons. The van der Waals surface area contributed by atoms with Gasteiger partial charge in [-0.1, -0.05) is 30.7 Å². The fraction of sp³-hybridized carbons (Fsp3) is 0.600. The second-order valence-electron chi connectivity index (χ2n) is 4.69. The number of nitrogens with zero attached hydrogens (tertiary/aromatic N) is 1. The van der Waals surface area contributed by atoms with E-state index in [0.29, 0.717) is 0 Å². The van der Waals surface area contributed by atoms with Gasteiger partial charge in [-0.25, -0.2) is 0 Å². The van der Waals surface area contributed by atoms with Gasteiger partial charge in [0.25, 0.3) is 0 Å². The summed E-state index contributed by atoms with van der Waals surface area (Å²) in [6.45, 7) is 5.77. The molecule has 4 heteroatoms. The summed E-state index contributed by atoms with van der Waals surface area (Å²) in [7, 11) is 3.82. The Kier molecular flexibility index (Phi) is 7.87. The highest BCUT2D eigenvalue weighted by Gasteiger charge is 2.11. The van der Waals surface area contributed by atoms with Gasteiger partial charge in [-0.2, -0.15) is 0 Å². The Balaban J connectivity index is 2.72. The molecular formula is C15H25ClN2O. The van der Waals surface area contributed by atoms with Gasteiger partial charge in [0.15, 0.2) is 0 Å². The van der Waals surface area contributed by atoms with E-state index in [4.69, 9.17) is 16.3 Å². The van der Waals surface area contributed by atoms with E-state index in [9.17, 15) is 0 Å². The lowest BCUT2D eigenvalue weighted by atomic mass is 10.1. The maximum atomic E-state index is 6.35. The van der Waals surface area contributed by atoms with Crippen LogP contribution in [0.3, 0.4) is 0 Å². The van der Waals surface area contributed by atoms with E-state index in [-0.39, 0.29) is 0 Å². The van der Waals surface area contributed by atoms with Crippen molar-refractivity contribution in [1.82, 2.24) is 5.32 Å². The zero-order chi connectivity index (χ0) is 14.1. The van der Waals surface area contributed by atoms with Gasteiger partial charge >= 0.3 is 0 Å². The SMILES string of the molecule is CCCNCc1cccc(Cl)c1N(C)CCCOC. The molecule has 0 aromatic heterocycles. The molecule has 0 unspecified atom stereocenters. The molecule has 0 amide bonds. The number of rotatable bonds is 9. The molecule has 1 aromatic rings. The minimum Gasteiger partial charge on any atom is -0.385 e. The number of methoxy groups -OCH3 is 1. The fourth-order valence-corrected chi connectivity index (χ4v) is 2.43. The van der Waals surface area contributed by atoms with E-state index in [1.807, 2.05) is 12.1 Å². The molecule has 0 spiro atoms. The minimum absolute atomic E-state index is 0.776. The topological polar surface area (TPSA) is 24.5 Å². The van der Waals surface area contributed by atoms with Crippen LogP contribution in [0.5, 0.6) is 0 Å². The van der Waals surface area contributed by atoms with Crippen molar-refractivity contribution < 1.29 is 4.74 Å². The highest BCUT2D eigenvalue weighted by Crippen LogP contribution is 2.29. The van der Waals surface area contributed by atoms with Gasteiger partial charge in [-0.3, -0.25) is 0 Å². The van der Waals surface area contributed by atoms with Crippen LogP contribution < -0.4 is 10.2 Å². The Morgan fingerprint density at radius 3 is 2.84 bits per heavy atom. The molecule has 0 aliphatic rings. The van der Waals surface area contributed by atoms with Gasteiger partial charge in [0.2, 0.25) is 0 Å². The normalized spacial score (nSPS) is 10.7. The van der Waals surface area contributed by atoms with E-state index in [0.717, 1.165) is 49.8 Å². The first-order valence-electron chi connectivity index (χ1n) is 6.88. The number of halogens is 1. The van der Waals surface area contributed by atoms with Crippen molar-refractivity contribution in [2.45, 2.75) is 26.3 Å². The number of hydrogen-bond donors (Lipinski definition) is 1. The third kappa shape index (κ3) is 5.39. The van der Waals surface area contributed by atoms with Crippen molar-refractivity contribution in [3.05, 3.63) is 28.8 Å². The monoisotopic (exact) mass is 284 g/mol. The van der Waals surface area contributed by atoms with Crippen molar-refractivity contribution >= 4 is 17.3 Å². The standard InChI is InChI=1S/C15H25ClN2O/c1-4-9-17-12-13-7-5-8-14(16)15(13)18(2)10-6-11-19-3/h5,7-8,17H,4,6,9-12H2,1-3H3. The molecule has 0 aliphatic carbocycles. The smallest absolute Gasteiger partial charge is 0.0642 e. The molecular weight excluding hydrogens is 260 g/mol. The molecule has 0 saturated heterocycles. The average Bonchev–Trinajstić information content (AvgIpc) is 2.39. The first-order valence-corrected chi connectivity index (χ1v) is 7.26. The summed E-state index contributed by atoms with van der Waals surface area (Å²) in [6, 6.07) is 6.10. The number of anilines is 1. The Morgan fingerprint density at radius 2 is 2.16 bits per heavy atom. The van der Waals surface area contributed by atoms with Crippen LogP contribution in [0.1, 0.15) is 25.3 Å². The van der Waals surface area contributed by atoms with Crippen molar-refractivity contribution in [2.75, 3.05) is 38.8 Å². The molecule has 0 bridgehead atoms. The van der Waals surface area contributed by atoms with Crippen molar-refractivity contribution in [2.24, 2.45) is 0 Å². The summed E-state index contributed by atoms with van der Waals surface area (Å²) in [5, 5.41) is 4.25. The predicted molar refractivity (Wildman–Crippen MR) is 83.2 cm³/mol. The molecule has 1 aromatic carbocycles. The van der Waals surface area contributed by atoms with E-state index in [1.54, 1.807) is 7.11 Å². The second-order valence-corrected chi connectivity index (χ2v) is 5.10. The minimum atomic E-state index is 0.776. The lowest BCUT2D eigenvalue weighted by Crippen LogP contribution is -2.23. The van der Waals surface area contributed by atoms with E-state index in [1.165, 1.54) is 5.56 Å². The molecule has 0 atom stereocenters. The molecule has 0 aliphatic heterocycles. The number of nitrogens with one attached hydrogen (secondary N) is 1. The number of ether oxygens (including phenoxy) is 1. The molecule has 0 saturated carbocycles. The Labute approximate surface area is 121 Å². The van der Waals surface area contributed by atoms with Gasteiger partial charge in [0.1, 0.15) is 0 Å². The number of hydrogen-bond acceptors (Lipinski definition) is 3. The molecule has 0 heterocycles. The highest BCUT2D eigenvalue weighted by molar-refractivity contribution is 6.33. The van der Waals surface area contributed by atoms with Crippen molar-refractivity contribution in [3.8, 4) is 0 Å². The molecule has 0 fully saturated rings. The Hall–Kier alpha value is -0.770. The van der Waals surface area contributed by atoms with Crippen LogP contribution in [-0.4, -0.2) is 33.9 Å². The molecule has 1 N–H and O–H groups in total. The summed E-state index contributed by atoms with van der Waals surface area (Å²) in [4.78, 5) is 2.21. The molecule has 0 radical (unpaired) electrons. The van der Waals surface area contributed by atoms with Gasteiger partial charge in [0, 0.05) is 33.9 Å². The van der Waals surface area contributed by atoms with Crippen LogP contribution >= 0.6 is 11.6 Å². The van der Waals surface area contributed by atoms with Crippen LogP contribution in [-0.2, 0) is 11.3 Å². The van der Waals surface area contributed by atoms with E-state index in [2.05, 4.69) is 30.3 Å². The van der Waals surface area contributed by atoms with Crippen LogP contribution in [0.4, 0.5) is 5.69 Å². The summed E-state index contributed by atoms with van der Waals surface area (Å²) >= 11 is 6.35. The first-order chi connectivity index (χ1) is 9.20. The summed E-state index contributed by atoms with van der Waals surface area (Å²) in [5.41, 5.74) is 2.38. The maximum absolute atomic E-state index is 6.35. The van der Waals surface area contributed by atoms with E-state index < -0.39 is 0 Å². The van der Waals surface area contributed by atoms with Crippen molar-refractivity contribution in [1.29, 1.82) is 0 Å². The van der Waals surface area contributed by atoms with Crippen LogP contribution in [0.25, 0.3) is 0 Å². The van der Waals surface area contributed by atoms with Crippen LogP contribution in [0, 0.1) is 0 Å². The number of benzene rings is 1. The third-order valence-corrected chi connectivity index (χ3v) is 3.34. The van der Waals surface area contributed by atoms with E-state index >= 15 is 0 Å². The van der Waals surface area contributed by atoms with Gasteiger partial charge < -0.3 is 15.0 Å². The lowest BCUT2D eigenvalue weighted by Gasteiger charge is -2.24. The largest absolute Gasteiger partial charge is 0.385 e. The zero-order valence-corrected chi connectivity index (χ0v) is 13.0. The zero-order valence-electron chi connectivity index (χ0n) is 12.2. The van der Waals surface area contributed by atoms with Gasteiger partial charge in [-0.05, 0) is 31.0 Å². The average molecular weight is 285 g/mol. The van der Waals surface area contributed by atoms with Crippen LogP contribution in [0.15, 0.2) is 18.2 Å². The van der Waals surface area contributed by atoms with Gasteiger partial charge in [0.05, 0.1) is 10.7 Å². The third-order valence-electron chi connectivity index (χ3n) is 3.04. The number of para-hydroxylation sites is 1. The molecule has 19 heavy (non-hydrogen) atoms. The summed E-state index contributed by atoms with van der Waals surface area (Å²) in [6.07, 6.45) is 2.14.